The minimum absolute atomic E-state index is 0. The zero-order valence-corrected chi connectivity index (χ0v) is 34.7. The first-order chi connectivity index (χ1) is 23.9. The van der Waals surface area contributed by atoms with Crippen LogP contribution in [-0.4, -0.2) is 55.8 Å². The van der Waals surface area contributed by atoms with Crippen LogP contribution in [0.2, 0.25) is 0 Å². The molecule has 0 rings (SSSR count). The summed E-state index contributed by atoms with van der Waals surface area (Å²) in [7, 11) is 2.18. The molecule has 0 aromatic carbocycles. The first-order valence-electron chi connectivity index (χ1n) is 21.4. The topological polar surface area (TPSA) is 52.6 Å². The highest BCUT2D eigenvalue weighted by molar-refractivity contribution is 5.70. The Balaban J connectivity index is 0. The largest absolute Gasteiger partial charge is 1.00 e. The monoisotopic (exact) mass is 726 g/mol. The molecule has 0 amide bonds. The first-order valence-corrected chi connectivity index (χ1v) is 21.4. The van der Waals surface area contributed by atoms with E-state index in [0.717, 1.165) is 56.1 Å². The first kappa shape index (κ1) is 50.8. The molecule has 0 aliphatic carbocycles. The van der Waals surface area contributed by atoms with Crippen molar-refractivity contribution >= 4 is 11.9 Å². The van der Waals surface area contributed by atoms with Crippen molar-refractivity contribution in [3.8, 4) is 0 Å². The van der Waals surface area contributed by atoms with Crippen LogP contribution in [0.1, 0.15) is 207 Å². The maximum absolute atomic E-state index is 12.7. The highest BCUT2D eigenvalue weighted by Crippen LogP contribution is 2.14. The predicted molar refractivity (Wildman–Crippen MR) is 212 cm³/mol. The Labute approximate surface area is 318 Å². The molecule has 5 nitrogen and oxygen atoms in total. The van der Waals surface area contributed by atoms with Crippen LogP contribution in [0.25, 0.3) is 0 Å². The lowest BCUT2D eigenvalue weighted by Gasteiger charge is -2.35. The Morgan fingerprint density at radius 2 is 0.840 bits per heavy atom. The van der Waals surface area contributed by atoms with Crippen LogP contribution in [0.5, 0.6) is 0 Å². The molecule has 0 aliphatic rings. The van der Waals surface area contributed by atoms with Gasteiger partial charge in [0.05, 0.1) is 20.1 Å². The third kappa shape index (κ3) is 35.1. The van der Waals surface area contributed by atoms with Crippen molar-refractivity contribution in [1.29, 1.82) is 0 Å². The van der Waals surface area contributed by atoms with E-state index in [1.54, 1.807) is 0 Å². The number of halogens is 1. The lowest BCUT2D eigenvalue weighted by atomic mass is 10.1. The van der Waals surface area contributed by atoms with Crippen LogP contribution in [0, 0.1) is 0 Å². The van der Waals surface area contributed by atoms with E-state index in [1.165, 1.54) is 128 Å². The Morgan fingerprint density at radius 3 is 1.22 bits per heavy atom. The fourth-order valence-electron chi connectivity index (χ4n) is 6.28. The molecule has 50 heavy (non-hydrogen) atoms. The molecular formula is C44H84ClNO4. The molecule has 1 unspecified atom stereocenters. The maximum atomic E-state index is 12.7. The highest BCUT2D eigenvalue weighted by Gasteiger charge is 2.27. The summed E-state index contributed by atoms with van der Waals surface area (Å²) in [4.78, 5) is 25.3. The number of ether oxygens (including phenoxy) is 2. The van der Waals surface area contributed by atoms with Gasteiger partial charge < -0.3 is 26.4 Å². The molecule has 0 aliphatic heterocycles. The molecule has 0 saturated carbocycles. The number of hydrogen-bond acceptors (Lipinski definition) is 4. The number of nitrogens with zero attached hydrogens (tertiary/aromatic N) is 1. The molecule has 1 atom stereocenters. The fourth-order valence-corrected chi connectivity index (χ4v) is 6.28. The van der Waals surface area contributed by atoms with E-state index >= 15 is 0 Å². The van der Waals surface area contributed by atoms with Crippen molar-refractivity contribution in [2.24, 2.45) is 0 Å². The third-order valence-electron chi connectivity index (χ3n) is 10.2. The molecule has 296 valence electrons. The summed E-state index contributed by atoms with van der Waals surface area (Å²) in [5.41, 5.74) is 0. The Morgan fingerprint density at radius 1 is 0.500 bits per heavy atom. The van der Waals surface area contributed by atoms with Gasteiger partial charge in [-0.15, -0.1) is 0 Å². The quantitative estimate of drug-likeness (QED) is 0.0277. The van der Waals surface area contributed by atoms with Crippen LogP contribution < -0.4 is 12.4 Å². The van der Waals surface area contributed by atoms with Gasteiger partial charge in [0, 0.05) is 12.8 Å². The second-order valence-electron chi connectivity index (χ2n) is 14.9. The normalized spacial score (nSPS) is 12.4. The van der Waals surface area contributed by atoms with Gasteiger partial charge in [0.1, 0.15) is 13.2 Å². The van der Waals surface area contributed by atoms with Gasteiger partial charge in [-0.1, -0.05) is 141 Å². The number of carbonyl (C=O) groups is 2. The molecule has 0 saturated heterocycles. The standard InChI is InChI=1S/C44H84NO4.ClH/c1-6-10-12-14-16-18-20-22-24-26-28-30-32-34-36-38-43(46)48-41-42(40-45(5,8-3)9-4)49-44(47)39-37-35-33-31-29-27-25-23-21-19-17-15-13-11-7-2;/h22-25,42H,6-21,26-41H2,1-5H3;1H/q+1;/p-1/b24-22+,25-23+;. The molecular weight excluding hydrogens is 642 g/mol. The highest BCUT2D eigenvalue weighted by atomic mass is 35.5. The van der Waals surface area contributed by atoms with Gasteiger partial charge in [-0.25, -0.2) is 0 Å². The summed E-state index contributed by atoms with van der Waals surface area (Å²) in [6.45, 7) is 11.6. The van der Waals surface area contributed by atoms with Crippen molar-refractivity contribution in [2.45, 2.75) is 214 Å². The summed E-state index contributed by atoms with van der Waals surface area (Å²) < 4.78 is 12.3. The third-order valence-corrected chi connectivity index (χ3v) is 10.2. The summed E-state index contributed by atoms with van der Waals surface area (Å²) in [6.07, 6.45) is 42.1. The number of quaternary nitrogens is 1. The molecule has 0 spiro atoms. The van der Waals surface area contributed by atoms with Crippen molar-refractivity contribution in [3.63, 3.8) is 0 Å². The summed E-state index contributed by atoms with van der Waals surface area (Å²) in [5.74, 6) is -0.326. The number of likely N-dealkylation sites (N-methyl/N-ethyl adjacent to an activating group) is 1. The number of hydrogen-bond donors (Lipinski definition) is 0. The van der Waals surface area contributed by atoms with Crippen molar-refractivity contribution in [3.05, 3.63) is 24.3 Å². The zero-order chi connectivity index (χ0) is 36.1. The Kier molecular flexibility index (Phi) is 39.5. The lowest BCUT2D eigenvalue weighted by Crippen LogP contribution is -3.00. The Hall–Kier alpha value is -1.33. The average molecular weight is 727 g/mol. The SMILES string of the molecule is CCCCCCCC/C=C/CCCCCCCC(=O)OCC(C[N+](C)(CC)CC)OC(=O)CCCCCCC/C=C/CCCCCCCC.[Cl-]. The van der Waals surface area contributed by atoms with Crippen LogP contribution in [0.15, 0.2) is 24.3 Å². The van der Waals surface area contributed by atoms with E-state index in [4.69, 9.17) is 9.47 Å². The molecule has 0 bridgehead atoms. The number of allylic oxidation sites excluding steroid dienone is 4. The van der Waals surface area contributed by atoms with Crippen molar-refractivity contribution in [1.82, 2.24) is 0 Å². The van der Waals surface area contributed by atoms with Crippen LogP contribution in [0.4, 0.5) is 0 Å². The van der Waals surface area contributed by atoms with Gasteiger partial charge in [-0.05, 0) is 78.1 Å². The number of unbranched alkanes of at least 4 members (excludes halogenated alkanes) is 22. The van der Waals surface area contributed by atoms with Gasteiger partial charge in [0.25, 0.3) is 0 Å². The van der Waals surface area contributed by atoms with Crippen LogP contribution >= 0.6 is 0 Å². The summed E-state index contributed by atoms with van der Waals surface area (Å²) in [6, 6.07) is 0. The van der Waals surface area contributed by atoms with Gasteiger partial charge >= 0.3 is 11.9 Å². The van der Waals surface area contributed by atoms with Crippen LogP contribution in [-0.2, 0) is 19.1 Å². The molecule has 0 fully saturated rings. The average Bonchev–Trinajstić information content (AvgIpc) is 3.10. The van der Waals surface area contributed by atoms with E-state index in [-0.39, 0.29) is 31.0 Å². The van der Waals surface area contributed by atoms with E-state index < -0.39 is 6.10 Å². The molecule has 0 heterocycles. The van der Waals surface area contributed by atoms with Gasteiger partial charge in [-0.3, -0.25) is 9.59 Å². The van der Waals surface area contributed by atoms with Gasteiger partial charge in [0.2, 0.25) is 0 Å². The van der Waals surface area contributed by atoms with E-state index in [0.29, 0.717) is 19.4 Å². The number of rotatable bonds is 37. The number of carbonyl (C=O) groups excluding carboxylic acids is 2. The predicted octanol–water partition coefficient (Wildman–Crippen LogP) is 10.0. The van der Waals surface area contributed by atoms with E-state index in [2.05, 4.69) is 59.0 Å². The summed E-state index contributed by atoms with van der Waals surface area (Å²) >= 11 is 0. The van der Waals surface area contributed by atoms with Crippen LogP contribution in [0.3, 0.4) is 0 Å². The molecule has 0 radical (unpaired) electrons. The molecule has 0 aromatic heterocycles. The maximum Gasteiger partial charge on any atom is 0.306 e. The molecule has 6 heteroatoms. The lowest BCUT2D eigenvalue weighted by molar-refractivity contribution is -0.908. The zero-order valence-electron chi connectivity index (χ0n) is 34.0. The van der Waals surface area contributed by atoms with E-state index in [9.17, 15) is 9.59 Å². The smallest absolute Gasteiger partial charge is 0.306 e. The van der Waals surface area contributed by atoms with Gasteiger partial charge in [-0.2, -0.15) is 0 Å². The molecule has 0 N–H and O–H groups in total. The number of esters is 2. The van der Waals surface area contributed by atoms with E-state index in [1.807, 2.05) is 0 Å². The van der Waals surface area contributed by atoms with Crippen molar-refractivity contribution < 1.29 is 36.0 Å². The molecule has 0 aromatic rings. The van der Waals surface area contributed by atoms with Gasteiger partial charge in [0.15, 0.2) is 6.10 Å². The Bertz CT molecular complexity index is 795. The fraction of sp³-hybridized carbons (Fsp3) is 0.864. The summed E-state index contributed by atoms with van der Waals surface area (Å²) in [5, 5.41) is 0. The van der Waals surface area contributed by atoms with Crippen molar-refractivity contribution in [2.75, 3.05) is 33.3 Å². The minimum atomic E-state index is -0.390. The second kappa shape index (κ2) is 38.9. The minimum Gasteiger partial charge on any atom is -1.00 e. The second-order valence-corrected chi connectivity index (χ2v) is 14.9.